The minimum Gasteiger partial charge on any atom is -0.452 e. The molecule has 0 aromatic carbocycles. The van der Waals surface area contributed by atoms with E-state index in [-0.39, 0.29) is 36.1 Å². The van der Waals surface area contributed by atoms with E-state index in [9.17, 15) is 18.0 Å². The molecule has 1 aliphatic carbocycles. The summed E-state index contributed by atoms with van der Waals surface area (Å²) in [7, 11) is -3.05. The molecule has 1 atom stereocenters. The summed E-state index contributed by atoms with van der Waals surface area (Å²) in [6, 6.07) is 1.47. The maximum absolute atomic E-state index is 12.4. The molecular formula is C14H17NO5S2. The SMILES string of the molecule is O=C(OCC(=O)N(C1CC1)[C@H]1CCS(=O)(=O)C1)c1ccsc1. The molecule has 3 rings (SSSR count). The van der Waals surface area contributed by atoms with Crippen molar-refractivity contribution in [3.05, 3.63) is 22.4 Å². The van der Waals surface area contributed by atoms with Crippen molar-refractivity contribution in [1.29, 1.82) is 0 Å². The lowest BCUT2D eigenvalue weighted by molar-refractivity contribution is -0.137. The lowest BCUT2D eigenvalue weighted by Crippen LogP contribution is -2.44. The number of carbonyl (C=O) groups is 2. The Kier molecular flexibility index (Phi) is 4.22. The first-order valence-corrected chi connectivity index (χ1v) is 9.93. The molecule has 8 heteroatoms. The van der Waals surface area contributed by atoms with Gasteiger partial charge in [-0.05, 0) is 30.7 Å². The van der Waals surface area contributed by atoms with Crippen LogP contribution in [-0.4, -0.2) is 55.4 Å². The third kappa shape index (κ3) is 3.49. The Bertz CT molecular complexity index is 663. The third-order valence-corrected chi connectivity index (χ3v) is 6.35. The standard InChI is InChI=1S/C14H17NO5S2/c16-13(7-20-14(17)10-3-5-21-8-10)15(11-1-2-11)12-4-6-22(18,19)9-12/h3,5,8,11-12H,1-2,4,6-7,9H2/t12-/m0/s1. The highest BCUT2D eigenvalue weighted by Crippen LogP contribution is 2.32. The molecule has 1 aromatic rings. The van der Waals surface area contributed by atoms with E-state index in [1.54, 1.807) is 21.7 Å². The van der Waals surface area contributed by atoms with Crippen LogP contribution in [0.25, 0.3) is 0 Å². The topological polar surface area (TPSA) is 80.8 Å². The molecule has 2 aliphatic rings. The summed E-state index contributed by atoms with van der Waals surface area (Å²) < 4.78 is 28.3. The van der Waals surface area contributed by atoms with Crippen molar-refractivity contribution in [3.63, 3.8) is 0 Å². The van der Waals surface area contributed by atoms with Crippen LogP contribution in [0.2, 0.25) is 0 Å². The number of nitrogens with zero attached hydrogens (tertiary/aromatic N) is 1. The average molecular weight is 343 g/mol. The van der Waals surface area contributed by atoms with Gasteiger partial charge in [-0.15, -0.1) is 0 Å². The van der Waals surface area contributed by atoms with E-state index in [1.165, 1.54) is 11.3 Å². The number of thiophene rings is 1. The quantitative estimate of drug-likeness (QED) is 0.748. The van der Waals surface area contributed by atoms with Crippen molar-refractivity contribution < 1.29 is 22.7 Å². The van der Waals surface area contributed by atoms with Gasteiger partial charge in [0.25, 0.3) is 5.91 Å². The number of carbonyl (C=O) groups excluding carboxylic acids is 2. The predicted octanol–water partition coefficient (Wildman–Crippen LogP) is 1.08. The Morgan fingerprint density at radius 2 is 2.05 bits per heavy atom. The molecule has 0 unspecified atom stereocenters. The average Bonchev–Trinajstić information content (AvgIpc) is 3.00. The monoisotopic (exact) mass is 343 g/mol. The molecule has 0 radical (unpaired) electrons. The maximum atomic E-state index is 12.4. The van der Waals surface area contributed by atoms with Gasteiger partial charge in [0, 0.05) is 17.5 Å². The summed E-state index contributed by atoms with van der Waals surface area (Å²) in [5.74, 6) is -0.672. The summed E-state index contributed by atoms with van der Waals surface area (Å²) in [6.07, 6.45) is 2.25. The maximum Gasteiger partial charge on any atom is 0.339 e. The van der Waals surface area contributed by atoms with Crippen LogP contribution >= 0.6 is 11.3 Å². The molecule has 0 N–H and O–H groups in total. The van der Waals surface area contributed by atoms with Crippen molar-refractivity contribution in [2.45, 2.75) is 31.3 Å². The molecule has 6 nitrogen and oxygen atoms in total. The third-order valence-electron chi connectivity index (χ3n) is 3.91. The lowest BCUT2D eigenvalue weighted by atomic mass is 10.2. The van der Waals surface area contributed by atoms with E-state index < -0.39 is 15.8 Å². The Balaban J connectivity index is 1.60. The number of esters is 1. The highest BCUT2D eigenvalue weighted by molar-refractivity contribution is 7.91. The zero-order chi connectivity index (χ0) is 15.7. The molecule has 120 valence electrons. The first kappa shape index (κ1) is 15.5. The molecule has 1 amide bonds. The van der Waals surface area contributed by atoms with E-state index >= 15 is 0 Å². The molecule has 0 bridgehead atoms. The second kappa shape index (κ2) is 6.00. The van der Waals surface area contributed by atoms with Crippen LogP contribution in [-0.2, 0) is 19.4 Å². The summed E-state index contributed by atoms with van der Waals surface area (Å²) in [4.78, 5) is 25.7. The molecule has 2 fully saturated rings. The Morgan fingerprint density at radius 3 is 2.59 bits per heavy atom. The summed E-state index contributed by atoms with van der Waals surface area (Å²) in [6.45, 7) is -0.332. The van der Waals surface area contributed by atoms with Crippen molar-refractivity contribution in [2.75, 3.05) is 18.1 Å². The zero-order valence-corrected chi connectivity index (χ0v) is 13.6. The Labute approximate surface area is 133 Å². The first-order valence-electron chi connectivity index (χ1n) is 7.17. The minimum atomic E-state index is -3.05. The van der Waals surface area contributed by atoms with Crippen LogP contribution in [0.3, 0.4) is 0 Å². The number of sulfone groups is 1. The molecule has 22 heavy (non-hydrogen) atoms. The van der Waals surface area contributed by atoms with Gasteiger partial charge in [0.1, 0.15) is 0 Å². The van der Waals surface area contributed by atoms with Crippen LogP contribution in [0.5, 0.6) is 0 Å². The smallest absolute Gasteiger partial charge is 0.339 e. The van der Waals surface area contributed by atoms with E-state index in [2.05, 4.69) is 0 Å². The highest BCUT2D eigenvalue weighted by atomic mass is 32.2. The summed E-state index contributed by atoms with van der Waals surface area (Å²) >= 11 is 1.38. The number of ether oxygens (including phenoxy) is 1. The number of hydrogen-bond acceptors (Lipinski definition) is 6. The number of amides is 1. The normalized spacial score (nSPS) is 23.2. The molecule has 2 heterocycles. The fourth-order valence-electron chi connectivity index (χ4n) is 2.72. The molecule has 1 aliphatic heterocycles. The van der Waals surface area contributed by atoms with Crippen molar-refractivity contribution >= 4 is 33.1 Å². The highest BCUT2D eigenvalue weighted by Gasteiger charge is 2.42. The largest absolute Gasteiger partial charge is 0.452 e. The van der Waals surface area contributed by atoms with Gasteiger partial charge in [-0.3, -0.25) is 4.79 Å². The fraction of sp³-hybridized carbons (Fsp3) is 0.571. The van der Waals surface area contributed by atoms with Crippen LogP contribution in [0.15, 0.2) is 16.8 Å². The second-order valence-electron chi connectivity index (χ2n) is 5.68. The van der Waals surface area contributed by atoms with Gasteiger partial charge >= 0.3 is 5.97 Å². The van der Waals surface area contributed by atoms with E-state index in [0.29, 0.717) is 12.0 Å². The summed E-state index contributed by atoms with van der Waals surface area (Å²) in [5.41, 5.74) is 0.430. The van der Waals surface area contributed by atoms with Gasteiger partial charge in [0.15, 0.2) is 16.4 Å². The van der Waals surface area contributed by atoms with Gasteiger partial charge < -0.3 is 9.64 Å². The molecule has 1 saturated carbocycles. The number of rotatable bonds is 5. The van der Waals surface area contributed by atoms with E-state index in [4.69, 9.17) is 4.74 Å². The first-order chi connectivity index (χ1) is 10.5. The molecule has 0 spiro atoms. The van der Waals surface area contributed by atoms with Crippen molar-refractivity contribution in [2.24, 2.45) is 0 Å². The molecule has 1 saturated heterocycles. The van der Waals surface area contributed by atoms with Gasteiger partial charge in [0.05, 0.1) is 17.1 Å². The second-order valence-corrected chi connectivity index (χ2v) is 8.69. The Hall–Kier alpha value is -1.41. The molecular weight excluding hydrogens is 326 g/mol. The fourth-order valence-corrected chi connectivity index (χ4v) is 5.06. The minimum absolute atomic E-state index is 0.0215. The van der Waals surface area contributed by atoms with E-state index in [0.717, 1.165) is 12.8 Å². The lowest BCUT2D eigenvalue weighted by Gasteiger charge is -2.28. The van der Waals surface area contributed by atoms with Gasteiger partial charge in [-0.2, -0.15) is 11.3 Å². The van der Waals surface area contributed by atoms with Crippen LogP contribution in [0, 0.1) is 0 Å². The summed E-state index contributed by atoms with van der Waals surface area (Å²) in [5, 5.41) is 3.42. The van der Waals surface area contributed by atoms with E-state index in [1.807, 2.05) is 0 Å². The van der Waals surface area contributed by atoms with Gasteiger partial charge in [-0.1, -0.05) is 0 Å². The van der Waals surface area contributed by atoms with Crippen LogP contribution in [0.4, 0.5) is 0 Å². The van der Waals surface area contributed by atoms with Gasteiger partial charge in [0.2, 0.25) is 0 Å². The van der Waals surface area contributed by atoms with Gasteiger partial charge in [-0.25, -0.2) is 13.2 Å². The predicted molar refractivity (Wildman–Crippen MR) is 81.5 cm³/mol. The zero-order valence-electron chi connectivity index (χ0n) is 11.9. The van der Waals surface area contributed by atoms with Crippen molar-refractivity contribution in [3.8, 4) is 0 Å². The van der Waals surface area contributed by atoms with Crippen LogP contribution in [0.1, 0.15) is 29.6 Å². The Morgan fingerprint density at radius 1 is 1.27 bits per heavy atom. The van der Waals surface area contributed by atoms with Crippen molar-refractivity contribution in [1.82, 2.24) is 4.90 Å². The van der Waals surface area contributed by atoms with Crippen LogP contribution < -0.4 is 0 Å². The number of hydrogen-bond donors (Lipinski definition) is 0. The molecule has 1 aromatic heterocycles.